The van der Waals surface area contributed by atoms with Gasteiger partial charge in [0.15, 0.2) is 0 Å². The van der Waals surface area contributed by atoms with E-state index in [4.69, 9.17) is 4.74 Å². The predicted molar refractivity (Wildman–Crippen MR) is 111 cm³/mol. The van der Waals surface area contributed by atoms with Gasteiger partial charge in [0.2, 0.25) is 5.91 Å². The number of aromatic nitrogens is 3. The van der Waals surface area contributed by atoms with Gasteiger partial charge in [-0.1, -0.05) is 5.21 Å². The van der Waals surface area contributed by atoms with Gasteiger partial charge < -0.3 is 9.64 Å². The maximum absolute atomic E-state index is 13.1. The molecule has 0 N–H and O–H groups in total. The van der Waals surface area contributed by atoms with Crippen LogP contribution in [0.4, 0.5) is 10.5 Å². The Labute approximate surface area is 183 Å². The molecule has 4 rings (SSSR count). The number of nitro benzene ring substituents is 1. The van der Waals surface area contributed by atoms with Crippen LogP contribution >= 0.6 is 12.6 Å². The Kier molecular flexibility index (Phi) is 6.07. The first-order valence-corrected chi connectivity index (χ1v) is 10.4. The van der Waals surface area contributed by atoms with Crippen molar-refractivity contribution < 1.29 is 19.2 Å². The second-order valence-electron chi connectivity index (χ2n) is 7.65. The van der Waals surface area contributed by atoms with Crippen LogP contribution in [0.3, 0.4) is 0 Å². The summed E-state index contributed by atoms with van der Waals surface area (Å²) in [6.45, 7) is 1.38. The topological polar surface area (TPSA) is 124 Å². The van der Waals surface area contributed by atoms with Crippen molar-refractivity contribution in [3.63, 3.8) is 0 Å². The van der Waals surface area contributed by atoms with Crippen molar-refractivity contribution in [3.05, 3.63) is 52.3 Å². The fourth-order valence-electron chi connectivity index (χ4n) is 3.97. The highest BCUT2D eigenvalue weighted by molar-refractivity contribution is 7.81. The van der Waals surface area contributed by atoms with Crippen molar-refractivity contribution in [3.8, 4) is 0 Å². The van der Waals surface area contributed by atoms with Crippen LogP contribution in [0.25, 0.3) is 0 Å². The number of hydrogen-bond donors (Lipinski definition) is 1. The highest BCUT2D eigenvalue weighted by Crippen LogP contribution is 2.28. The van der Waals surface area contributed by atoms with E-state index in [0.29, 0.717) is 31.6 Å². The van der Waals surface area contributed by atoms with Gasteiger partial charge in [-0.3, -0.25) is 19.8 Å². The average Bonchev–Trinajstić information content (AvgIpc) is 3.51. The van der Waals surface area contributed by atoms with Crippen molar-refractivity contribution in [1.82, 2.24) is 24.8 Å². The Bertz CT molecular complexity index is 953. The van der Waals surface area contributed by atoms with Crippen LogP contribution < -0.4 is 0 Å². The Morgan fingerprint density at radius 1 is 1.26 bits per heavy atom. The van der Waals surface area contributed by atoms with Crippen molar-refractivity contribution in [2.45, 2.75) is 36.8 Å². The van der Waals surface area contributed by atoms with Gasteiger partial charge in [0.05, 0.1) is 17.2 Å². The SMILES string of the molecule is O=C([C@@H]1C[C@H](S)CN1C(=O)OCc1ccc([N+](=O)[O-])cc1)N1CC[C@H](n2ccnn2)C1. The lowest BCUT2D eigenvalue weighted by Crippen LogP contribution is -2.47. The van der Waals surface area contributed by atoms with E-state index in [1.165, 1.54) is 29.2 Å². The quantitative estimate of drug-likeness (QED) is 0.421. The molecule has 0 unspecified atom stereocenters. The standard InChI is InChI=1S/C19H22N6O5S/c26-18(22-7-5-15(10-22)24-8-6-20-21-24)17-9-16(31)11-23(17)19(27)30-12-13-1-3-14(4-2-13)25(28)29/h1-4,6,8,15-17,31H,5,7,9-12H2/t15-,16-,17-/m0/s1. The van der Waals surface area contributed by atoms with E-state index in [1.54, 1.807) is 22.0 Å². The van der Waals surface area contributed by atoms with Crippen LogP contribution in [0.2, 0.25) is 0 Å². The first-order valence-electron chi connectivity index (χ1n) is 9.91. The predicted octanol–water partition coefficient (Wildman–Crippen LogP) is 1.67. The van der Waals surface area contributed by atoms with E-state index >= 15 is 0 Å². The number of hydrogen-bond acceptors (Lipinski definition) is 8. The number of amides is 2. The monoisotopic (exact) mass is 446 g/mol. The molecule has 0 aliphatic carbocycles. The zero-order chi connectivity index (χ0) is 22.0. The van der Waals surface area contributed by atoms with Gasteiger partial charge in [0, 0.05) is 43.2 Å². The number of carbonyl (C=O) groups excluding carboxylic acids is 2. The molecule has 0 bridgehead atoms. The van der Waals surface area contributed by atoms with Crippen LogP contribution in [0.15, 0.2) is 36.7 Å². The molecule has 31 heavy (non-hydrogen) atoms. The van der Waals surface area contributed by atoms with E-state index in [9.17, 15) is 19.7 Å². The van der Waals surface area contributed by atoms with Gasteiger partial charge >= 0.3 is 6.09 Å². The highest BCUT2D eigenvalue weighted by Gasteiger charge is 2.42. The summed E-state index contributed by atoms with van der Waals surface area (Å²) in [7, 11) is 0. The third-order valence-electron chi connectivity index (χ3n) is 5.60. The summed E-state index contributed by atoms with van der Waals surface area (Å²) in [5.74, 6) is -0.119. The van der Waals surface area contributed by atoms with Gasteiger partial charge in [-0.2, -0.15) is 12.6 Å². The fraction of sp³-hybridized carbons (Fsp3) is 0.474. The maximum atomic E-state index is 13.1. The van der Waals surface area contributed by atoms with Crippen molar-refractivity contribution in [1.29, 1.82) is 0 Å². The highest BCUT2D eigenvalue weighted by atomic mass is 32.1. The molecular formula is C19H22N6O5S. The lowest BCUT2D eigenvalue weighted by atomic mass is 10.2. The molecule has 3 atom stereocenters. The molecule has 2 fully saturated rings. The van der Waals surface area contributed by atoms with Crippen LogP contribution in [-0.2, 0) is 16.1 Å². The minimum Gasteiger partial charge on any atom is -0.445 e. The Morgan fingerprint density at radius 2 is 2.03 bits per heavy atom. The molecular weight excluding hydrogens is 424 g/mol. The van der Waals surface area contributed by atoms with Gasteiger partial charge in [0.1, 0.15) is 12.6 Å². The van der Waals surface area contributed by atoms with E-state index in [-0.39, 0.29) is 29.5 Å². The second kappa shape index (κ2) is 8.92. The van der Waals surface area contributed by atoms with Crippen LogP contribution in [0, 0.1) is 10.1 Å². The first kappa shape index (κ1) is 21.1. The molecule has 11 nitrogen and oxygen atoms in total. The summed E-state index contributed by atoms with van der Waals surface area (Å²) < 4.78 is 7.12. The zero-order valence-electron chi connectivity index (χ0n) is 16.6. The summed E-state index contributed by atoms with van der Waals surface area (Å²) in [5, 5.41) is 18.4. The smallest absolute Gasteiger partial charge is 0.410 e. The second-order valence-corrected chi connectivity index (χ2v) is 8.38. The van der Waals surface area contributed by atoms with Gasteiger partial charge in [0.25, 0.3) is 5.69 Å². The Balaban J connectivity index is 1.36. The average molecular weight is 446 g/mol. The number of non-ortho nitro benzene ring substituents is 1. The molecule has 12 heteroatoms. The summed E-state index contributed by atoms with van der Waals surface area (Å²) >= 11 is 4.47. The minimum atomic E-state index is -0.624. The molecule has 2 aliphatic heterocycles. The largest absolute Gasteiger partial charge is 0.445 e. The molecule has 0 radical (unpaired) electrons. The summed E-state index contributed by atoms with van der Waals surface area (Å²) in [6.07, 6.45) is 4.02. The molecule has 0 spiro atoms. The lowest BCUT2D eigenvalue weighted by Gasteiger charge is -2.27. The molecule has 2 aliphatic rings. The molecule has 164 valence electrons. The first-order chi connectivity index (χ1) is 14.9. The number of ether oxygens (including phenoxy) is 1. The number of benzene rings is 1. The number of carbonyl (C=O) groups is 2. The van der Waals surface area contributed by atoms with Crippen LogP contribution in [0.5, 0.6) is 0 Å². The molecule has 2 amide bonds. The van der Waals surface area contributed by atoms with E-state index in [1.807, 2.05) is 0 Å². The molecule has 0 saturated carbocycles. The minimum absolute atomic E-state index is 0.0343. The number of likely N-dealkylation sites (tertiary alicyclic amines) is 2. The number of nitrogens with zero attached hydrogens (tertiary/aromatic N) is 6. The van der Waals surface area contributed by atoms with Crippen molar-refractivity contribution in [2.75, 3.05) is 19.6 Å². The van der Waals surface area contributed by atoms with Crippen molar-refractivity contribution in [2.24, 2.45) is 0 Å². The third-order valence-corrected chi connectivity index (χ3v) is 5.97. The summed E-state index contributed by atoms with van der Waals surface area (Å²) in [5.41, 5.74) is 0.590. The molecule has 1 aromatic heterocycles. The molecule has 2 saturated heterocycles. The van der Waals surface area contributed by atoms with Crippen molar-refractivity contribution >= 4 is 30.3 Å². The maximum Gasteiger partial charge on any atom is 0.410 e. The molecule has 3 heterocycles. The Morgan fingerprint density at radius 3 is 2.71 bits per heavy atom. The van der Waals surface area contributed by atoms with Crippen LogP contribution in [-0.4, -0.2) is 72.6 Å². The Hall–Kier alpha value is -3.15. The van der Waals surface area contributed by atoms with E-state index in [0.717, 1.165) is 6.42 Å². The van der Waals surface area contributed by atoms with Gasteiger partial charge in [-0.15, -0.1) is 5.10 Å². The molecule has 1 aromatic carbocycles. The van der Waals surface area contributed by atoms with Gasteiger partial charge in [-0.05, 0) is 30.5 Å². The van der Waals surface area contributed by atoms with Crippen LogP contribution in [0.1, 0.15) is 24.4 Å². The fourth-order valence-corrected chi connectivity index (χ4v) is 4.35. The summed E-state index contributed by atoms with van der Waals surface area (Å²) in [4.78, 5) is 39.2. The normalized spacial score (nSPS) is 23.2. The van der Waals surface area contributed by atoms with E-state index < -0.39 is 17.1 Å². The number of nitro groups is 1. The summed E-state index contributed by atoms with van der Waals surface area (Å²) in [6, 6.07) is 5.23. The van der Waals surface area contributed by atoms with Gasteiger partial charge in [-0.25, -0.2) is 9.48 Å². The number of rotatable bonds is 5. The molecule has 2 aromatic rings. The third kappa shape index (κ3) is 4.63. The lowest BCUT2D eigenvalue weighted by molar-refractivity contribution is -0.384. The van der Waals surface area contributed by atoms with E-state index in [2.05, 4.69) is 22.9 Å². The zero-order valence-corrected chi connectivity index (χ0v) is 17.5. The number of thiol groups is 1.